The van der Waals surface area contributed by atoms with E-state index in [0.717, 1.165) is 11.3 Å². The van der Waals surface area contributed by atoms with Crippen molar-refractivity contribution in [2.24, 2.45) is 0 Å². The van der Waals surface area contributed by atoms with Crippen LogP contribution in [-0.4, -0.2) is 44.8 Å². The lowest BCUT2D eigenvalue weighted by Crippen LogP contribution is -2.36. The van der Waals surface area contributed by atoms with Gasteiger partial charge in [-0.2, -0.15) is 4.31 Å². The van der Waals surface area contributed by atoms with E-state index in [1.54, 1.807) is 24.3 Å². The molecule has 1 aromatic carbocycles. The average molecular weight is 371 g/mol. The molecule has 7 heteroatoms. The third kappa shape index (κ3) is 4.63. The number of sulfonamides is 1. The van der Waals surface area contributed by atoms with Crippen LogP contribution in [0.3, 0.4) is 0 Å². The molecule has 0 radical (unpaired) electrons. The summed E-state index contributed by atoms with van der Waals surface area (Å²) in [5, 5.41) is 0. The fourth-order valence-corrected chi connectivity index (χ4v) is 5.09. The Labute approximate surface area is 147 Å². The van der Waals surface area contributed by atoms with Crippen LogP contribution in [0.2, 0.25) is 0 Å². The van der Waals surface area contributed by atoms with Crippen LogP contribution in [0.25, 0.3) is 0 Å². The number of likely N-dealkylation sites (N-methyl/N-ethyl adjacent to an activating group) is 1. The number of aryl methyl sites for hydroxylation is 1. The molecular formula is C17H23FN2O2S2. The van der Waals surface area contributed by atoms with Crippen LogP contribution in [0, 0.1) is 5.82 Å². The monoisotopic (exact) mass is 370 g/mol. The predicted octanol–water partition coefficient (Wildman–Crippen LogP) is 3.20. The molecule has 0 saturated heterocycles. The zero-order valence-corrected chi connectivity index (χ0v) is 15.8. The van der Waals surface area contributed by atoms with Crippen molar-refractivity contribution in [1.82, 2.24) is 9.21 Å². The highest BCUT2D eigenvalue weighted by Gasteiger charge is 2.27. The molecule has 0 atom stereocenters. The molecule has 1 heterocycles. The van der Waals surface area contributed by atoms with E-state index in [1.165, 1.54) is 21.7 Å². The van der Waals surface area contributed by atoms with Crippen molar-refractivity contribution < 1.29 is 12.8 Å². The van der Waals surface area contributed by atoms with Gasteiger partial charge in [-0.15, -0.1) is 11.3 Å². The van der Waals surface area contributed by atoms with E-state index in [9.17, 15) is 12.8 Å². The molecule has 0 saturated carbocycles. The van der Waals surface area contributed by atoms with Gasteiger partial charge in [-0.3, -0.25) is 0 Å². The molecular weight excluding hydrogens is 347 g/mol. The van der Waals surface area contributed by atoms with Crippen LogP contribution in [0.1, 0.15) is 17.4 Å². The van der Waals surface area contributed by atoms with Crippen molar-refractivity contribution in [3.8, 4) is 0 Å². The second kappa shape index (κ2) is 8.20. The second-order valence-electron chi connectivity index (χ2n) is 5.81. The number of nitrogens with zero attached hydrogens (tertiary/aromatic N) is 2. The Kier molecular flexibility index (Phi) is 6.51. The largest absolute Gasteiger partial charge is 0.308 e. The van der Waals surface area contributed by atoms with Gasteiger partial charge in [0.1, 0.15) is 10.0 Å². The van der Waals surface area contributed by atoms with Gasteiger partial charge >= 0.3 is 0 Å². The molecule has 132 valence electrons. The van der Waals surface area contributed by atoms with E-state index >= 15 is 0 Å². The highest BCUT2D eigenvalue weighted by Crippen LogP contribution is 2.26. The lowest BCUT2D eigenvalue weighted by atomic mass is 10.2. The summed E-state index contributed by atoms with van der Waals surface area (Å²) < 4.78 is 41.6. The fraction of sp³-hybridized carbons (Fsp3) is 0.412. The number of halogens is 1. The van der Waals surface area contributed by atoms with Gasteiger partial charge in [-0.05, 0) is 38.7 Å². The van der Waals surface area contributed by atoms with Gasteiger partial charge in [-0.25, -0.2) is 12.8 Å². The van der Waals surface area contributed by atoms with Crippen molar-refractivity contribution in [3.63, 3.8) is 0 Å². The first-order chi connectivity index (χ1) is 11.3. The van der Waals surface area contributed by atoms with E-state index in [4.69, 9.17) is 0 Å². The maximum atomic E-state index is 14.0. The SMILES string of the molecule is CCc1ccc(S(=O)(=O)N(CCN(C)C)Cc2ccccc2F)s1. The van der Waals surface area contributed by atoms with Crippen LogP contribution < -0.4 is 0 Å². The molecule has 4 nitrogen and oxygen atoms in total. The third-order valence-electron chi connectivity index (χ3n) is 3.68. The Bertz CT molecular complexity index is 772. The van der Waals surface area contributed by atoms with E-state index in [0.29, 0.717) is 22.9 Å². The second-order valence-corrected chi connectivity index (χ2v) is 9.14. The van der Waals surface area contributed by atoms with Crippen LogP contribution in [0.15, 0.2) is 40.6 Å². The minimum absolute atomic E-state index is 0.0300. The maximum absolute atomic E-state index is 14.0. The van der Waals surface area contributed by atoms with Crippen molar-refractivity contribution >= 4 is 21.4 Å². The third-order valence-corrected chi connectivity index (χ3v) is 7.22. The first-order valence-electron chi connectivity index (χ1n) is 7.81. The van der Waals surface area contributed by atoms with Gasteiger partial charge in [0.15, 0.2) is 0 Å². The number of benzene rings is 1. The molecule has 0 fully saturated rings. The van der Waals surface area contributed by atoms with Gasteiger partial charge < -0.3 is 4.90 Å². The first-order valence-corrected chi connectivity index (χ1v) is 10.1. The highest BCUT2D eigenvalue weighted by molar-refractivity contribution is 7.91. The number of hydrogen-bond donors (Lipinski definition) is 0. The number of thiophene rings is 1. The van der Waals surface area contributed by atoms with Crippen LogP contribution in [0.4, 0.5) is 4.39 Å². The Balaban J connectivity index is 2.32. The molecule has 0 unspecified atom stereocenters. The summed E-state index contributed by atoms with van der Waals surface area (Å²) in [6.07, 6.45) is 0.797. The molecule has 0 amide bonds. The molecule has 24 heavy (non-hydrogen) atoms. The fourth-order valence-electron chi connectivity index (χ4n) is 2.23. The summed E-state index contributed by atoms with van der Waals surface area (Å²) in [6, 6.07) is 9.78. The summed E-state index contributed by atoms with van der Waals surface area (Å²) in [6.45, 7) is 2.90. The Hall–Kier alpha value is -1.28. The van der Waals surface area contributed by atoms with Gasteiger partial charge in [0, 0.05) is 30.1 Å². The van der Waals surface area contributed by atoms with Gasteiger partial charge in [0.05, 0.1) is 0 Å². The zero-order valence-electron chi connectivity index (χ0n) is 14.2. The van der Waals surface area contributed by atoms with Crippen molar-refractivity contribution in [2.45, 2.75) is 24.1 Å². The predicted molar refractivity (Wildman–Crippen MR) is 96.2 cm³/mol. The Morgan fingerprint density at radius 2 is 1.79 bits per heavy atom. The quantitative estimate of drug-likeness (QED) is 0.716. The Morgan fingerprint density at radius 1 is 1.08 bits per heavy atom. The maximum Gasteiger partial charge on any atom is 0.252 e. The number of rotatable bonds is 8. The average Bonchev–Trinajstić information content (AvgIpc) is 3.02. The molecule has 0 spiro atoms. The standard InChI is InChI=1S/C17H23FN2O2S2/c1-4-15-9-10-17(23-15)24(21,22)20(12-11-19(2)3)13-14-7-5-6-8-16(14)18/h5-10H,4,11-13H2,1-3H3. The normalized spacial score (nSPS) is 12.2. The van der Waals surface area contributed by atoms with Crippen molar-refractivity contribution in [2.75, 3.05) is 27.2 Å². The minimum Gasteiger partial charge on any atom is -0.308 e. The Morgan fingerprint density at radius 3 is 2.38 bits per heavy atom. The number of hydrogen-bond acceptors (Lipinski definition) is 4. The minimum atomic E-state index is -3.64. The topological polar surface area (TPSA) is 40.6 Å². The zero-order chi connectivity index (χ0) is 17.7. The molecule has 2 rings (SSSR count). The smallest absolute Gasteiger partial charge is 0.252 e. The molecule has 0 aliphatic heterocycles. The highest BCUT2D eigenvalue weighted by atomic mass is 32.2. The summed E-state index contributed by atoms with van der Waals surface area (Å²) in [5.41, 5.74) is 0.382. The van der Waals surface area contributed by atoms with E-state index in [-0.39, 0.29) is 12.4 Å². The summed E-state index contributed by atoms with van der Waals surface area (Å²) in [5.74, 6) is -0.386. The first kappa shape index (κ1) is 19.1. The van der Waals surface area contributed by atoms with Crippen LogP contribution >= 0.6 is 11.3 Å². The summed E-state index contributed by atoms with van der Waals surface area (Å²) >= 11 is 1.28. The summed E-state index contributed by atoms with van der Waals surface area (Å²) in [7, 11) is 0.124. The molecule has 0 aliphatic carbocycles. The molecule has 0 aliphatic rings. The molecule has 2 aromatic rings. The molecule has 0 bridgehead atoms. The van der Waals surface area contributed by atoms with E-state index in [2.05, 4.69) is 0 Å². The van der Waals surface area contributed by atoms with Crippen LogP contribution in [0.5, 0.6) is 0 Å². The van der Waals surface area contributed by atoms with E-state index in [1.807, 2.05) is 32.0 Å². The molecule has 1 aromatic heterocycles. The van der Waals surface area contributed by atoms with Crippen LogP contribution in [-0.2, 0) is 23.0 Å². The summed E-state index contributed by atoms with van der Waals surface area (Å²) in [4.78, 5) is 2.93. The lowest BCUT2D eigenvalue weighted by molar-refractivity contribution is 0.327. The van der Waals surface area contributed by atoms with E-state index < -0.39 is 10.0 Å². The van der Waals surface area contributed by atoms with Crippen molar-refractivity contribution in [1.29, 1.82) is 0 Å². The van der Waals surface area contributed by atoms with Crippen molar-refractivity contribution in [3.05, 3.63) is 52.7 Å². The lowest BCUT2D eigenvalue weighted by Gasteiger charge is -2.23. The van der Waals surface area contributed by atoms with Gasteiger partial charge in [-0.1, -0.05) is 25.1 Å². The van der Waals surface area contributed by atoms with Gasteiger partial charge in [0.25, 0.3) is 10.0 Å². The molecule has 0 N–H and O–H groups in total. The van der Waals surface area contributed by atoms with Gasteiger partial charge in [0.2, 0.25) is 0 Å².